The molecule has 0 aromatic heterocycles. The topological polar surface area (TPSA) is 6.48 Å². The normalized spacial score (nSPS) is 25.0. The Morgan fingerprint density at radius 1 is 0.818 bits per heavy atom. The largest absolute Gasteiger partial charge is 0.372 e. The first kappa shape index (κ1) is 19.3. The Labute approximate surface area is 139 Å². The number of rotatable bonds is 4. The average molecular weight is 307 g/mol. The van der Waals surface area contributed by atoms with Crippen molar-refractivity contribution in [1.82, 2.24) is 9.80 Å². The Morgan fingerprint density at radius 2 is 1.45 bits per heavy atom. The van der Waals surface area contributed by atoms with E-state index >= 15 is 0 Å². The summed E-state index contributed by atoms with van der Waals surface area (Å²) in [5.74, 6) is 1.52. The lowest BCUT2D eigenvalue weighted by Gasteiger charge is -2.32. The molecule has 0 spiro atoms. The molecule has 0 N–H and O–H groups in total. The molecule has 2 atom stereocenters. The van der Waals surface area contributed by atoms with Gasteiger partial charge >= 0.3 is 0 Å². The summed E-state index contributed by atoms with van der Waals surface area (Å²) in [5.41, 5.74) is 0. The molecule has 0 amide bonds. The fraction of sp³-hybridized carbons (Fsp3) is 0.800. The Hall–Kier alpha value is -0.760. The van der Waals surface area contributed by atoms with Crippen molar-refractivity contribution < 1.29 is 0 Å². The van der Waals surface area contributed by atoms with Crippen molar-refractivity contribution in [3.63, 3.8) is 0 Å². The molecule has 0 saturated carbocycles. The highest BCUT2D eigenvalue weighted by Gasteiger charge is 2.24. The van der Waals surface area contributed by atoms with E-state index in [1.165, 1.54) is 6.42 Å². The van der Waals surface area contributed by atoms with E-state index in [2.05, 4.69) is 89.6 Å². The highest BCUT2D eigenvalue weighted by molar-refractivity contribution is 5.05. The highest BCUT2D eigenvalue weighted by Crippen LogP contribution is 2.23. The first-order valence-electron chi connectivity index (χ1n) is 9.12. The first-order valence-corrected chi connectivity index (χ1v) is 9.12. The third-order valence-corrected chi connectivity index (χ3v) is 4.78. The Balaban J connectivity index is 0.000000220. The van der Waals surface area contributed by atoms with Gasteiger partial charge in [0.05, 0.1) is 0 Å². The van der Waals surface area contributed by atoms with Crippen LogP contribution in [-0.4, -0.2) is 40.5 Å². The standard InChI is InChI=1S/2C10H19N/c2*1-8(2)10-6-5-7-11(10)9(3)4/h5,7-10H,6H2,1-4H3;5-6,8-10H,7H2,1-4H3/t2*10-/m00/s1. The van der Waals surface area contributed by atoms with Crippen LogP contribution in [0.25, 0.3) is 0 Å². The van der Waals surface area contributed by atoms with Gasteiger partial charge in [0.2, 0.25) is 0 Å². The zero-order valence-electron chi connectivity index (χ0n) is 16.1. The highest BCUT2D eigenvalue weighted by atomic mass is 15.2. The summed E-state index contributed by atoms with van der Waals surface area (Å²) in [5, 5.41) is 0. The number of hydrogen-bond donors (Lipinski definition) is 0. The van der Waals surface area contributed by atoms with Crippen LogP contribution >= 0.6 is 0 Å². The molecule has 0 aromatic rings. The molecule has 0 fully saturated rings. The van der Waals surface area contributed by atoms with Crippen molar-refractivity contribution in [2.45, 2.75) is 86.0 Å². The predicted molar refractivity (Wildman–Crippen MR) is 99.0 cm³/mol. The van der Waals surface area contributed by atoms with Gasteiger partial charge in [0.15, 0.2) is 0 Å². The predicted octanol–water partition coefficient (Wildman–Crippen LogP) is 4.93. The van der Waals surface area contributed by atoms with Crippen LogP contribution in [0.4, 0.5) is 0 Å². The zero-order chi connectivity index (χ0) is 16.9. The maximum Gasteiger partial charge on any atom is 0.0345 e. The van der Waals surface area contributed by atoms with Gasteiger partial charge in [-0.2, -0.15) is 0 Å². The van der Waals surface area contributed by atoms with Gasteiger partial charge in [-0.25, -0.2) is 0 Å². The third-order valence-electron chi connectivity index (χ3n) is 4.78. The molecule has 0 saturated heterocycles. The molecule has 2 aliphatic heterocycles. The van der Waals surface area contributed by atoms with E-state index in [-0.39, 0.29) is 0 Å². The van der Waals surface area contributed by atoms with Crippen molar-refractivity contribution in [1.29, 1.82) is 0 Å². The maximum atomic E-state index is 2.53. The Kier molecular flexibility index (Phi) is 7.68. The van der Waals surface area contributed by atoms with Gasteiger partial charge in [-0.15, -0.1) is 0 Å². The molecule has 0 bridgehead atoms. The van der Waals surface area contributed by atoms with Crippen LogP contribution in [0.3, 0.4) is 0 Å². The monoisotopic (exact) mass is 306 g/mol. The van der Waals surface area contributed by atoms with E-state index in [0.29, 0.717) is 18.1 Å². The zero-order valence-corrected chi connectivity index (χ0v) is 16.1. The molecule has 2 nitrogen and oxygen atoms in total. The maximum absolute atomic E-state index is 2.53. The lowest BCUT2D eigenvalue weighted by atomic mass is 10.0. The lowest BCUT2D eigenvalue weighted by molar-refractivity contribution is 0.183. The van der Waals surface area contributed by atoms with Gasteiger partial charge in [0, 0.05) is 30.7 Å². The van der Waals surface area contributed by atoms with Gasteiger partial charge in [-0.1, -0.05) is 45.9 Å². The van der Waals surface area contributed by atoms with Gasteiger partial charge in [0.25, 0.3) is 0 Å². The second kappa shape index (κ2) is 8.76. The van der Waals surface area contributed by atoms with E-state index in [9.17, 15) is 0 Å². The summed E-state index contributed by atoms with van der Waals surface area (Å²) >= 11 is 0. The molecule has 2 heterocycles. The summed E-state index contributed by atoms with van der Waals surface area (Å²) in [6, 6.07) is 2.75. The molecule has 2 aliphatic rings. The van der Waals surface area contributed by atoms with Crippen LogP contribution in [0.1, 0.15) is 61.8 Å². The molecule has 0 aromatic carbocycles. The van der Waals surface area contributed by atoms with Crippen LogP contribution < -0.4 is 0 Å². The fourth-order valence-corrected chi connectivity index (χ4v) is 3.44. The average Bonchev–Trinajstić information content (AvgIpc) is 3.08. The van der Waals surface area contributed by atoms with Crippen molar-refractivity contribution in [2.75, 3.05) is 6.54 Å². The first-order chi connectivity index (χ1) is 10.3. The van der Waals surface area contributed by atoms with E-state index in [0.717, 1.165) is 24.4 Å². The minimum atomic E-state index is 0.654. The fourth-order valence-electron chi connectivity index (χ4n) is 3.44. The molecule has 0 aliphatic carbocycles. The second-order valence-electron chi connectivity index (χ2n) is 7.93. The quantitative estimate of drug-likeness (QED) is 0.679. The van der Waals surface area contributed by atoms with Crippen molar-refractivity contribution >= 4 is 0 Å². The summed E-state index contributed by atoms with van der Waals surface area (Å²) in [6.45, 7) is 19.4. The van der Waals surface area contributed by atoms with Gasteiger partial charge < -0.3 is 4.90 Å². The van der Waals surface area contributed by atoms with Gasteiger partial charge in [-0.05, 0) is 52.2 Å². The van der Waals surface area contributed by atoms with Crippen LogP contribution in [0.15, 0.2) is 24.4 Å². The molecular weight excluding hydrogens is 268 g/mol. The van der Waals surface area contributed by atoms with E-state index in [4.69, 9.17) is 0 Å². The molecule has 2 heteroatoms. The van der Waals surface area contributed by atoms with E-state index in [1.807, 2.05) is 0 Å². The van der Waals surface area contributed by atoms with Crippen molar-refractivity contribution in [2.24, 2.45) is 11.8 Å². The molecular formula is C20H38N2. The summed E-state index contributed by atoms with van der Waals surface area (Å²) < 4.78 is 0. The van der Waals surface area contributed by atoms with E-state index in [1.54, 1.807) is 0 Å². The van der Waals surface area contributed by atoms with Crippen LogP contribution in [0, 0.1) is 11.8 Å². The molecule has 0 radical (unpaired) electrons. The SMILES string of the molecule is CC(C)[C@@H]1C=CCN1C(C)C.CC(C)[C@@H]1CC=CN1C(C)C. The van der Waals surface area contributed by atoms with Gasteiger partial charge in [0.1, 0.15) is 0 Å². The Morgan fingerprint density at radius 3 is 1.82 bits per heavy atom. The molecule has 128 valence electrons. The molecule has 0 unspecified atom stereocenters. The summed E-state index contributed by atoms with van der Waals surface area (Å²) in [6.07, 6.45) is 10.4. The van der Waals surface area contributed by atoms with Crippen molar-refractivity contribution in [3.05, 3.63) is 24.4 Å². The van der Waals surface area contributed by atoms with Crippen molar-refractivity contribution in [3.8, 4) is 0 Å². The van der Waals surface area contributed by atoms with Crippen LogP contribution in [-0.2, 0) is 0 Å². The van der Waals surface area contributed by atoms with Crippen LogP contribution in [0.5, 0.6) is 0 Å². The molecule has 2 rings (SSSR count). The lowest BCUT2D eigenvalue weighted by Crippen LogP contribution is -2.38. The molecule has 22 heavy (non-hydrogen) atoms. The number of nitrogens with zero attached hydrogens (tertiary/aromatic N) is 2. The van der Waals surface area contributed by atoms with E-state index < -0.39 is 0 Å². The Bertz CT molecular complexity index is 330. The summed E-state index contributed by atoms with van der Waals surface area (Å²) in [4.78, 5) is 5.00. The number of hydrogen-bond acceptors (Lipinski definition) is 2. The smallest absolute Gasteiger partial charge is 0.0345 e. The summed E-state index contributed by atoms with van der Waals surface area (Å²) in [7, 11) is 0. The third kappa shape index (κ3) is 5.15. The van der Waals surface area contributed by atoms with Gasteiger partial charge in [-0.3, -0.25) is 4.90 Å². The van der Waals surface area contributed by atoms with Crippen LogP contribution in [0.2, 0.25) is 0 Å². The second-order valence-corrected chi connectivity index (χ2v) is 7.93. The minimum absolute atomic E-state index is 0.654. The minimum Gasteiger partial charge on any atom is -0.372 e.